The molecule has 3 heteroatoms. The second-order valence-corrected chi connectivity index (χ2v) is 5.73. The molecule has 110 valence electrons. The lowest BCUT2D eigenvalue weighted by Gasteiger charge is -2.33. The lowest BCUT2D eigenvalue weighted by atomic mass is 9.95. The van der Waals surface area contributed by atoms with Gasteiger partial charge in [0.1, 0.15) is 11.4 Å². The molecule has 1 N–H and O–H groups in total. The summed E-state index contributed by atoms with van der Waals surface area (Å²) in [5.41, 5.74) is 1.11. The van der Waals surface area contributed by atoms with Gasteiger partial charge in [-0.25, -0.2) is 0 Å². The van der Waals surface area contributed by atoms with Gasteiger partial charge in [-0.2, -0.15) is 0 Å². The van der Waals surface area contributed by atoms with Crippen molar-refractivity contribution in [3.63, 3.8) is 0 Å². The zero-order valence-corrected chi connectivity index (χ0v) is 12.3. The molecular weight excluding hydrogens is 262 g/mol. The van der Waals surface area contributed by atoms with Crippen molar-refractivity contribution in [2.24, 2.45) is 0 Å². The molecule has 0 radical (unpaired) electrons. The van der Waals surface area contributed by atoms with Crippen LogP contribution in [-0.4, -0.2) is 24.8 Å². The van der Waals surface area contributed by atoms with Gasteiger partial charge >= 0.3 is 0 Å². The van der Waals surface area contributed by atoms with Crippen molar-refractivity contribution in [1.29, 1.82) is 0 Å². The van der Waals surface area contributed by atoms with E-state index in [9.17, 15) is 5.11 Å². The molecule has 0 bridgehead atoms. The molecule has 0 saturated heterocycles. The van der Waals surface area contributed by atoms with Gasteiger partial charge in [0, 0.05) is 6.54 Å². The lowest BCUT2D eigenvalue weighted by Crippen LogP contribution is -2.39. The van der Waals surface area contributed by atoms with Gasteiger partial charge in [0.15, 0.2) is 0 Å². The van der Waals surface area contributed by atoms with Crippen LogP contribution in [0.15, 0.2) is 54.6 Å². The van der Waals surface area contributed by atoms with Crippen LogP contribution in [0.1, 0.15) is 18.9 Å². The number of fused-ring (bicyclic) bond motifs is 1. The molecule has 1 aliphatic rings. The fourth-order valence-electron chi connectivity index (χ4n) is 2.82. The van der Waals surface area contributed by atoms with Crippen molar-refractivity contribution in [3.8, 4) is 5.75 Å². The average Bonchev–Trinajstić information content (AvgIpc) is 2.71. The van der Waals surface area contributed by atoms with E-state index in [1.807, 2.05) is 55.5 Å². The monoisotopic (exact) mass is 283 g/mol. The topological polar surface area (TPSA) is 32.7 Å². The molecule has 0 fully saturated rings. The summed E-state index contributed by atoms with van der Waals surface area (Å²) in [6.45, 7) is 4.04. The summed E-state index contributed by atoms with van der Waals surface area (Å²) in [6.07, 6.45) is 0.958. The molecule has 0 spiro atoms. The van der Waals surface area contributed by atoms with E-state index in [-0.39, 0.29) is 0 Å². The lowest BCUT2D eigenvalue weighted by molar-refractivity contribution is 0.0645. The third-order valence-corrected chi connectivity index (χ3v) is 3.93. The van der Waals surface area contributed by atoms with Gasteiger partial charge in [-0.3, -0.25) is 0 Å². The first-order valence-corrected chi connectivity index (χ1v) is 7.41. The molecule has 3 rings (SSSR count). The molecule has 2 aromatic carbocycles. The first-order chi connectivity index (χ1) is 10.2. The number of aliphatic hydroxyl groups is 1. The van der Waals surface area contributed by atoms with Crippen LogP contribution in [0.4, 0.5) is 5.69 Å². The molecule has 1 heterocycles. The van der Waals surface area contributed by atoms with Gasteiger partial charge in [-0.15, -0.1) is 0 Å². The Morgan fingerprint density at radius 1 is 1.10 bits per heavy atom. The first-order valence-electron chi connectivity index (χ1n) is 7.41. The molecule has 1 atom stereocenters. The molecule has 0 aromatic heterocycles. The van der Waals surface area contributed by atoms with Crippen molar-refractivity contribution in [2.75, 3.05) is 24.6 Å². The number of para-hydroxylation sites is 2. The van der Waals surface area contributed by atoms with Crippen LogP contribution < -0.4 is 9.64 Å². The van der Waals surface area contributed by atoms with Crippen LogP contribution in [0.3, 0.4) is 0 Å². The molecule has 21 heavy (non-hydrogen) atoms. The van der Waals surface area contributed by atoms with Crippen LogP contribution in [0.25, 0.3) is 0 Å². The summed E-state index contributed by atoms with van der Waals surface area (Å²) >= 11 is 0. The first kappa shape index (κ1) is 14.0. The van der Waals surface area contributed by atoms with E-state index >= 15 is 0 Å². The summed E-state index contributed by atoms with van der Waals surface area (Å²) in [6, 6.07) is 17.9. The second kappa shape index (κ2) is 5.78. The summed E-state index contributed by atoms with van der Waals surface area (Å²) in [5, 5.41) is 10.9. The van der Waals surface area contributed by atoms with Crippen molar-refractivity contribution in [2.45, 2.75) is 18.9 Å². The van der Waals surface area contributed by atoms with Crippen molar-refractivity contribution in [3.05, 3.63) is 60.2 Å². The Bertz CT molecular complexity index is 595. The maximum atomic E-state index is 10.9. The standard InChI is InChI=1S/C18H21NO2/c1-18(20,15-8-3-2-4-9-15)14-19-12-7-13-21-17-11-6-5-10-16(17)19/h2-6,8-11,20H,7,12-14H2,1H3. The van der Waals surface area contributed by atoms with E-state index < -0.39 is 5.60 Å². The summed E-state index contributed by atoms with van der Waals surface area (Å²) < 4.78 is 5.78. The minimum atomic E-state index is -0.890. The van der Waals surface area contributed by atoms with Gasteiger partial charge < -0.3 is 14.7 Å². The largest absolute Gasteiger partial charge is 0.491 e. The fourth-order valence-corrected chi connectivity index (χ4v) is 2.82. The van der Waals surface area contributed by atoms with Gasteiger partial charge in [0.05, 0.1) is 18.8 Å². The molecule has 2 aromatic rings. The molecule has 0 aliphatic carbocycles. The van der Waals surface area contributed by atoms with Crippen molar-refractivity contribution < 1.29 is 9.84 Å². The maximum absolute atomic E-state index is 10.9. The minimum absolute atomic E-state index is 0.553. The van der Waals surface area contributed by atoms with Crippen molar-refractivity contribution in [1.82, 2.24) is 0 Å². The van der Waals surface area contributed by atoms with Crippen LogP contribution in [-0.2, 0) is 5.60 Å². The fraction of sp³-hybridized carbons (Fsp3) is 0.333. The Balaban J connectivity index is 1.87. The molecule has 0 amide bonds. The number of β-amino-alcohol motifs (C(OH)–C–C–N with tert-alkyl or cyclic N) is 1. The number of hydrogen-bond acceptors (Lipinski definition) is 3. The van der Waals surface area contributed by atoms with E-state index in [1.54, 1.807) is 0 Å². The molecule has 3 nitrogen and oxygen atoms in total. The quantitative estimate of drug-likeness (QED) is 0.939. The Kier molecular flexibility index (Phi) is 3.84. The van der Waals surface area contributed by atoms with E-state index in [0.29, 0.717) is 6.54 Å². The van der Waals surface area contributed by atoms with Crippen LogP contribution in [0.5, 0.6) is 5.75 Å². The highest BCUT2D eigenvalue weighted by molar-refractivity contribution is 5.59. The zero-order valence-electron chi connectivity index (χ0n) is 12.3. The highest BCUT2D eigenvalue weighted by atomic mass is 16.5. The minimum Gasteiger partial charge on any atom is -0.491 e. The van der Waals surface area contributed by atoms with E-state index in [1.165, 1.54) is 0 Å². The predicted octanol–water partition coefficient (Wildman–Crippen LogP) is 3.18. The number of anilines is 1. The summed E-state index contributed by atoms with van der Waals surface area (Å²) in [5.74, 6) is 0.902. The van der Waals surface area contributed by atoms with E-state index in [0.717, 1.165) is 36.6 Å². The zero-order chi connectivity index (χ0) is 14.7. The van der Waals surface area contributed by atoms with Gasteiger partial charge in [0.25, 0.3) is 0 Å². The number of ether oxygens (including phenoxy) is 1. The van der Waals surface area contributed by atoms with Crippen molar-refractivity contribution >= 4 is 5.69 Å². The molecule has 1 unspecified atom stereocenters. The Morgan fingerprint density at radius 3 is 2.62 bits per heavy atom. The Morgan fingerprint density at radius 2 is 1.81 bits per heavy atom. The number of hydrogen-bond donors (Lipinski definition) is 1. The average molecular weight is 283 g/mol. The summed E-state index contributed by atoms with van der Waals surface area (Å²) in [4.78, 5) is 2.22. The third-order valence-electron chi connectivity index (χ3n) is 3.93. The highest BCUT2D eigenvalue weighted by Gasteiger charge is 2.28. The molecule has 1 aliphatic heterocycles. The van der Waals surface area contributed by atoms with E-state index in [4.69, 9.17) is 4.74 Å². The number of nitrogens with zero attached hydrogens (tertiary/aromatic N) is 1. The molecular formula is C18H21NO2. The Labute approximate surface area is 125 Å². The number of rotatable bonds is 3. The van der Waals surface area contributed by atoms with Gasteiger partial charge in [0.2, 0.25) is 0 Å². The predicted molar refractivity (Wildman–Crippen MR) is 84.8 cm³/mol. The van der Waals surface area contributed by atoms with Gasteiger partial charge in [-0.1, -0.05) is 42.5 Å². The molecule has 0 saturated carbocycles. The smallest absolute Gasteiger partial charge is 0.142 e. The van der Waals surface area contributed by atoms with Crippen LogP contribution >= 0.6 is 0 Å². The van der Waals surface area contributed by atoms with Crippen LogP contribution in [0, 0.1) is 0 Å². The van der Waals surface area contributed by atoms with E-state index in [2.05, 4.69) is 11.0 Å². The maximum Gasteiger partial charge on any atom is 0.142 e. The van der Waals surface area contributed by atoms with Gasteiger partial charge in [-0.05, 0) is 31.0 Å². The van der Waals surface area contributed by atoms with Crippen LogP contribution in [0.2, 0.25) is 0 Å². The summed E-state index contributed by atoms with van der Waals surface area (Å²) in [7, 11) is 0. The normalized spacial score (nSPS) is 17.3. The highest BCUT2D eigenvalue weighted by Crippen LogP contribution is 2.33. The second-order valence-electron chi connectivity index (χ2n) is 5.73. The Hall–Kier alpha value is -2.00. The third kappa shape index (κ3) is 3.03. The number of benzene rings is 2. The SMILES string of the molecule is CC(O)(CN1CCCOc2ccccc21)c1ccccc1.